The van der Waals surface area contributed by atoms with Crippen LogP contribution in [0.5, 0.6) is 11.5 Å². The van der Waals surface area contributed by atoms with Gasteiger partial charge in [0.15, 0.2) is 0 Å². The summed E-state index contributed by atoms with van der Waals surface area (Å²) < 4.78 is 12.0. The molecule has 2 fully saturated rings. The van der Waals surface area contributed by atoms with Crippen LogP contribution in [-0.2, 0) is 0 Å². The van der Waals surface area contributed by atoms with Crippen molar-refractivity contribution in [2.75, 3.05) is 13.2 Å². The number of ether oxygens (including phenoxy) is 2. The fraction of sp³-hybridized carbons (Fsp3) is 0.806. The van der Waals surface area contributed by atoms with Crippen molar-refractivity contribution < 1.29 is 9.47 Å². The van der Waals surface area contributed by atoms with Crippen molar-refractivity contribution >= 4 is 0 Å². The zero-order chi connectivity index (χ0) is 23.2. The Morgan fingerprint density at radius 1 is 0.636 bits per heavy atom. The van der Waals surface area contributed by atoms with Crippen LogP contribution in [0.25, 0.3) is 0 Å². The molecule has 0 bridgehead atoms. The first kappa shape index (κ1) is 26.4. The maximum Gasteiger partial charge on any atom is 0.119 e. The summed E-state index contributed by atoms with van der Waals surface area (Å²) in [4.78, 5) is 0. The van der Waals surface area contributed by atoms with Crippen LogP contribution < -0.4 is 9.47 Å². The summed E-state index contributed by atoms with van der Waals surface area (Å²) >= 11 is 0. The van der Waals surface area contributed by atoms with Crippen LogP contribution >= 0.6 is 0 Å². The normalized spacial score (nSPS) is 24.0. The van der Waals surface area contributed by atoms with E-state index in [2.05, 4.69) is 38.1 Å². The molecule has 1 aromatic carbocycles. The van der Waals surface area contributed by atoms with E-state index in [0.29, 0.717) is 5.41 Å². The van der Waals surface area contributed by atoms with Gasteiger partial charge in [0, 0.05) is 0 Å². The molecule has 0 saturated heterocycles. The third kappa shape index (κ3) is 9.18. The topological polar surface area (TPSA) is 18.5 Å². The van der Waals surface area contributed by atoms with E-state index < -0.39 is 0 Å². The van der Waals surface area contributed by atoms with Crippen molar-refractivity contribution in [3.05, 3.63) is 24.3 Å². The number of hydrogen-bond donors (Lipinski definition) is 0. The Kier molecular flexibility index (Phi) is 12.0. The highest BCUT2D eigenvalue weighted by atomic mass is 16.5. The van der Waals surface area contributed by atoms with E-state index in [9.17, 15) is 0 Å². The van der Waals surface area contributed by atoms with Crippen LogP contribution in [-0.4, -0.2) is 13.2 Å². The van der Waals surface area contributed by atoms with E-state index in [0.717, 1.165) is 43.0 Å². The van der Waals surface area contributed by atoms with Gasteiger partial charge in [0.25, 0.3) is 0 Å². The van der Waals surface area contributed by atoms with Crippen LogP contribution in [0.4, 0.5) is 0 Å². The number of unbranched alkanes of at least 4 members (excludes halogenated alkanes) is 4. The van der Waals surface area contributed by atoms with Crippen molar-refractivity contribution in [1.82, 2.24) is 0 Å². The first-order valence-electron chi connectivity index (χ1n) is 14.6. The van der Waals surface area contributed by atoms with Gasteiger partial charge in [-0.1, -0.05) is 78.1 Å². The monoisotopic (exact) mass is 456 g/mol. The summed E-state index contributed by atoms with van der Waals surface area (Å²) in [5.41, 5.74) is 0.597. The quantitative estimate of drug-likeness (QED) is 0.244. The molecule has 2 nitrogen and oxygen atoms in total. The molecule has 0 N–H and O–H groups in total. The maximum atomic E-state index is 6.13. The predicted molar refractivity (Wildman–Crippen MR) is 141 cm³/mol. The van der Waals surface area contributed by atoms with E-state index in [1.165, 1.54) is 109 Å². The van der Waals surface area contributed by atoms with Crippen molar-refractivity contribution in [1.29, 1.82) is 0 Å². The molecule has 2 saturated carbocycles. The molecule has 0 amide bonds. The average molecular weight is 457 g/mol. The van der Waals surface area contributed by atoms with Crippen LogP contribution in [0, 0.1) is 17.3 Å². The summed E-state index contributed by atoms with van der Waals surface area (Å²) in [7, 11) is 0. The highest BCUT2D eigenvalue weighted by Gasteiger charge is 2.37. The molecule has 2 aliphatic rings. The lowest BCUT2D eigenvalue weighted by molar-refractivity contribution is 0.0777. The largest absolute Gasteiger partial charge is 0.494 e. The Morgan fingerprint density at radius 2 is 1.15 bits per heavy atom. The van der Waals surface area contributed by atoms with Gasteiger partial charge in [-0.25, -0.2) is 0 Å². The molecule has 188 valence electrons. The number of benzene rings is 1. The second kappa shape index (κ2) is 14.9. The molecule has 3 rings (SSSR count). The minimum absolute atomic E-state index is 0.597. The van der Waals surface area contributed by atoms with Gasteiger partial charge >= 0.3 is 0 Å². The first-order chi connectivity index (χ1) is 16.2. The third-order valence-corrected chi connectivity index (χ3v) is 8.68. The zero-order valence-electron chi connectivity index (χ0n) is 21.9. The first-order valence-corrected chi connectivity index (χ1v) is 14.6. The lowest BCUT2D eigenvalue weighted by atomic mass is 9.62. The second-order valence-corrected chi connectivity index (χ2v) is 11.2. The van der Waals surface area contributed by atoms with Crippen molar-refractivity contribution in [2.45, 2.75) is 129 Å². The van der Waals surface area contributed by atoms with Crippen molar-refractivity contribution in [3.8, 4) is 11.5 Å². The SMILES string of the molecule is CCCCCOc1ccc(OCCCC2(CCCCC)CCC(C3CCCCC3)CC2)cc1. The maximum absolute atomic E-state index is 6.13. The highest BCUT2D eigenvalue weighted by Crippen LogP contribution is 2.49. The van der Waals surface area contributed by atoms with Crippen molar-refractivity contribution in [3.63, 3.8) is 0 Å². The van der Waals surface area contributed by atoms with E-state index in [1.54, 1.807) is 0 Å². The Bertz CT molecular complexity index is 608. The predicted octanol–water partition coefficient (Wildman–Crippen LogP) is 9.75. The van der Waals surface area contributed by atoms with Gasteiger partial charge in [0.05, 0.1) is 13.2 Å². The second-order valence-electron chi connectivity index (χ2n) is 11.2. The Balaban J connectivity index is 1.40. The standard InChI is InChI=1S/C31H52O2/c1-3-5-10-21-31(23-19-28(20-24-31)27-13-8-7-9-14-27)22-12-26-33-30-17-15-29(16-18-30)32-25-11-6-4-2/h15-18,27-28H,3-14,19-26H2,1-2H3. The van der Waals surface area contributed by atoms with E-state index in [-0.39, 0.29) is 0 Å². The van der Waals surface area contributed by atoms with Gasteiger partial charge in [0.2, 0.25) is 0 Å². The molecule has 33 heavy (non-hydrogen) atoms. The van der Waals surface area contributed by atoms with Gasteiger partial charge in [-0.05, 0) is 92.9 Å². The molecule has 0 unspecified atom stereocenters. The van der Waals surface area contributed by atoms with E-state index in [1.807, 2.05) is 0 Å². The lowest BCUT2D eigenvalue weighted by Gasteiger charge is -2.43. The summed E-state index contributed by atoms with van der Waals surface area (Å²) in [5, 5.41) is 0. The van der Waals surface area contributed by atoms with Gasteiger partial charge < -0.3 is 9.47 Å². The van der Waals surface area contributed by atoms with Crippen molar-refractivity contribution in [2.24, 2.45) is 17.3 Å². The van der Waals surface area contributed by atoms with E-state index >= 15 is 0 Å². The minimum Gasteiger partial charge on any atom is -0.494 e. The molecule has 0 radical (unpaired) electrons. The highest BCUT2D eigenvalue weighted by molar-refractivity contribution is 5.31. The smallest absolute Gasteiger partial charge is 0.119 e. The van der Waals surface area contributed by atoms with Gasteiger partial charge in [-0.2, -0.15) is 0 Å². The lowest BCUT2D eigenvalue weighted by Crippen LogP contribution is -2.31. The zero-order valence-corrected chi connectivity index (χ0v) is 21.9. The summed E-state index contributed by atoms with van der Waals surface area (Å²) in [6, 6.07) is 8.25. The summed E-state index contributed by atoms with van der Waals surface area (Å²) in [5.74, 6) is 4.03. The van der Waals surface area contributed by atoms with Crippen LogP contribution in [0.3, 0.4) is 0 Å². The number of hydrogen-bond acceptors (Lipinski definition) is 2. The van der Waals surface area contributed by atoms with Gasteiger partial charge in [0.1, 0.15) is 11.5 Å². The van der Waals surface area contributed by atoms with Crippen LogP contribution in [0.15, 0.2) is 24.3 Å². The minimum atomic E-state index is 0.597. The Hall–Kier alpha value is -1.18. The Labute approximate surface area is 205 Å². The molecule has 1 aromatic rings. The molecule has 2 aliphatic carbocycles. The summed E-state index contributed by atoms with van der Waals surface area (Å²) in [6.45, 7) is 6.22. The fourth-order valence-electron chi connectivity index (χ4n) is 6.52. The number of rotatable bonds is 15. The fourth-order valence-corrected chi connectivity index (χ4v) is 6.52. The van der Waals surface area contributed by atoms with Crippen LogP contribution in [0.1, 0.15) is 129 Å². The van der Waals surface area contributed by atoms with Gasteiger partial charge in [-0.15, -0.1) is 0 Å². The Morgan fingerprint density at radius 3 is 1.76 bits per heavy atom. The molecule has 2 heteroatoms. The molecule has 0 heterocycles. The molecular formula is C31H52O2. The van der Waals surface area contributed by atoms with Crippen LogP contribution in [0.2, 0.25) is 0 Å². The average Bonchev–Trinajstić information content (AvgIpc) is 2.87. The summed E-state index contributed by atoms with van der Waals surface area (Å²) in [6.07, 6.45) is 25.2. The third-order valence-electron chi connectivity index (χ3n) is 8.68. The molecular weight excluding hydrogens is 404 g/mol. The molecule has 0 atom stereocenters. The molecule has 0 spiro atoms. The van der Waals surface area contributed by atoms with Gasteiger partial charge in [-0.3, -0.25) is 0 Å². The molecule has 0 aromatic heterocycles. The van der Waals surface area contributed by atoms with E-state index in [4.69, 9.17) is 9.47 Å². The molecule has 0 aliphatic heterocycles.